The van der Waals surface area contributed by atoms with Crippen LogP contribution in [0.2, 0.25) is 0 Å². The van der Waals surface area contributed by atoms with E-state index in [9.17, 15) is 4.79 Å². The molecule has 1 amide bonds. The third-order valence-electron chi connectivity index (χ3n) is 5.34. The first-order chi connectivity index (χ1) is 12.6. The molecule has 1 unspecified atom stereocenters. The number of likely N-dealkylation sites (tertiary alicyclic amines) is 1. The van der Waals surface area contributed by atoms with Crippen LogP contribution in [0.4, 0.5) is 0 Å². The van der Waals surface area contributed by atoms with Crippen molar-refractivity contribution in [2.45, 2.75) is 38.5 Å². The van der Waals surface area contributed by atoms with Crippen LogP contribution < -0.4 is 10.1 Å². The third-order valence-corrected chi connectivity index (χ3v) is 5.34. The van der Waals surface area contributed by atoms with Crippen molar-refractivity contribution >= 4 is 5.91 Å². The maximum Gasteiger partial charge on any atom is 0.234 e. The van der Waals surface area contributed by atoms with Crippen molar-refractivity contribution in [2.75, 3.05) is 46.4 Å². The van der Waals surface area contributed by atoms with Gasteiger partial charge in [0.1, 0.15) is 5.75 Å². The zero-order valence-corrected chi connectivity index (χ0v) is 15.9. The third kappa shape index (κ3) is 5.43. The highest BCUT2D eigenvalue weighted by Gasteiger charge is 2.28. The van der Waals surface area contributed by atoms with Crippen LogP contribution in [-0.2, 0) is 16.1 Å². The van der Waals surface area contributed by atoms with Gasteiger partial charge < -0.3 is 14.8 Å². The summed E-state index contributed by atoms with van der Waals surface area (Å²) in [6, 6.07) is 8.44. The number of benzene rings is 1. The van der Waals surface area contributed by atoms with Crippen LogP contribution in [0.5, 0.6) is 5.75 Å². The molecule has 0 aromatic heterocycles. The second-order valence-electron chi connectivity index (χ2n) is 7.31. The number of carbonyl (C=O) groups excluding carboxylic acids is 1. The zero-order valence-electron chi connectivity index (χ0n) is 15.9. The molecule has 2 aliphatic rings. The van der Waals surface area contributed by atoms with Crippen molar-refractivity contribution in [1.82, 2.24) is 15.1 Å². The summed E-state index contributed by atoms with van der Waals surface area (Å²) in [5, 5.41) is 3.01. The van der Waals surface area contributed by atoms with Crippen LogP contribution >= 0.6 is 0 Å². The van der Waals surface area contributed by atoms with Gasteiger partial charge in [-0.2, -0.15) is 0 Å². The van der Waals surface area contributed by atoms with Gasteiger partial charge in [-0.05, 0) is 37.5 Å². The molecule has 1 aromatic rings. The van der Waals surface area contributed by atoms with Crippen LogP contribution in [0, 0.1) is 0 Å². The predicted molar refractivity (Wildman–Crippen MR) is 101 cm³/mol. The number of amides is 1. The lowest BCUT2D eigenvalue weighted by atomic mass is 10.0. The Morgan fingerprint density at radius 1 is 1.31 bits per heavy atom. The lowest BCUT2D eigenvalue weighted by Gasteiger charge is -2.41. The quantitative estimate of drug-likeness (QED) is 0.832. The van der Waals surface area contributed by atoms with E-state index in [1.54, 1.807) is 7.11 Å². The second-order valence-corrected chi connectivity index (χ2v) is 7.31. The normalized spacial score (nSPS) is 22.9. The Labute approximate surface area is 156 Å². The minimum Gasteiger partial charge on any atom is -0.497 e. The Kier molecular flexibility index (Phi) is 6.88. The van der Waals surface area contributed by atoms with Crippen molar-refractivity contribution in [2.24, 2.45) is 0 Å². The summed E-state index contributed by atoms with van der Waals surface area (Å²) in [7, 11) is 1.65. The topological polar surface area (TPSA) is 54.0 Å². The maximum absolute atomic E-state index is 12.3. The van der Waals surface area contributed by atoms with Crippen molar-refractivity contribution in [1.29, 1.82) is 0 Å². The maximum atomic E-state index is 12.3. The van der Waals surface area contributed by atoms with Gasteiger partial charge in [0.05, 0.1) is 26.4 Å². The van der Waals surface area contributed by atoms with Gasteiger partial charge in [0.2, 0.25) is 5.91 Å². The number of rotatable bonds is 6. The van der Waals surface area contributed by atoms with Crippen LogP contribution in [0.25, 0.3) is 0 Å². The van der Waals surface area contributed by atoms with Crippen molar-refractivity contribution in [3.8, 4) is 5.75 Å². The Balaban J connectivity index is 1.37. The molecule has 1 atom stereocenters. The lowest BCUT2D eigenvalue weighted by molar-refractivity contribution is -0.122. The average molecular weight is 361 g/mol. The summed E-state index contributed by atoms with van der Waals surface area (Å²) in [4.78, 5) is 17.1. The summed E-state index contributed by atoms with van der Waals surface area (Å²) in [6.07, 6.45) is 2.61. The monoisotopic (exact) mass is 361 g/mol. The standard InChI is InChI=1S/C20H31N3O3/c1-16-14-23(10-11-26-16)18-6-8-22(9-7-18)15-20(24)21-13-17-4-3-5-19(12-17)25-2/h3-5,12,16,18H,6-11,13-15H2,1-2H3,(H,21,24). The summed E-state index contributed by atoms with van der Waals surface area (Å²) >= 11 is 0. The summed E-state index contributed by atoms with van der Waals surface area (Å²) < 4.78 is 10.9. The highest BCUT2D eigenvalue weighted by Crippen LogP contribution is 2.19. The summed E-state index contributed by atoms with van der Waals surface area (Å²) in [5.41, 5.74) is 1.05. The fraction of sp³-hybridized carbons (Fsp3) is 0.650. The zero-order chi connectivity index (χ0) is 18.4. The number of methoxy groups -OCH3 is 1. The Morgan fingerprint density at radius 2 is 2.12 bits per heavy atom. The molecule has 1 N–H and O–H groups in total. The highest BCUT2D eigenvalue weighted by atomic mass is 16.5. The number of ether oxygens (including phenoxy) is 2. The number of hydrogen-bond donors (Lipinski definition) is 1. The highest BCUT2D eigenvalue weighted by molar-refractivity contribution is 5.78. The van der Waals surface area contributed by atoms with Gasteiger partial charge in [0.25, 0.3) is 0 Å². The van der Waals surface area contributed by atoms with E-state index in [4.69, 9.17) is 9.47 Å². The Hall–Kier alpha value is -1.63. The van der Waals surface area contributed by atoms with E-state index in [1.807, 2.05) is 24.3 Å². The SMILES string of the molecule is COc1cccc(CNC(=O)CN2CCC(N3CCOC(C)C3)CC2)c1. The molecule has 3 rings (SSSR count). The first-order valence-corrected chi connectivity index (χ1v) is 9.61. The van der Waals surface area contributed by atoms with E-state index < -0.39 is 0 Å². The van der Waals surface area contributed by atoms with Crippen molar-refractivity contribution in [3.05, 3.63) is 29.8 Å². The van der Waals surface area contributed by atoms with Crippen molar-refractivity contribution in [3.63, 3.8) is 0 Å². The van der Waals surface area contributed by atoms with E-state index in [0.717, 1.165) is 56.9 Å². The first kappa shape index (κ1) is 19.1. The summed E-state index contributed by atoms with van der Waals surface area (Å²) in [5.74, 6) is 0.905. The molecule has 0 bridgehead atoms. The van der Waals surface area contributed by atoms with E-state index in [-0.39, 0.29) is 5.91 Å². The van der Waals surface area contributed by atoms with Gasteiger partial charge >= 0.3 is 0 Å². The molecular formula is C20H31N3O3. The number of morpholine rings is 1. The van der Waals surface area contributed by atoms with Gasteiger partial charge in [-0.15, -0.1) is 0 Å². The molecule has 2 aliphatic heterocycles. The van der Waals surface area contributed by atoms with Crippen LogP contribution in [-0.4, -0.2) is 74.3 Å². The number of nitrogens with one attached hydrogen (secondary N) is 1. The molecule has 0 radical (unpaired) electrons. The molecular weight excluding hydrogens is 330 g/mol. The Bertz CT molecular complexity index is 587. The fourth-order valence-electron chi connectivity index (χ4n) is 3.86. The van der Waals surface area contributed by atoms with Gasteiger partial charge in [-0.1, -0.05) is 12.1 Å². The number of nitrogens with zero attached hydrogens (tertiary/aromatic N) is 2. The second kappa shape index (κ2) is 9.35. The van der Waals surface area contributed by atoms with Crippen molar-refractivity contribution < 1.29 is 14.3 Å². The van der Waals surface area contributed by atoms with Crippen LogP contribution in [0.1, 0.15) is 25.3 Å². The van der Waals surface area contributed by atoms with E-state index in [1.165, 1.54) is 0 Å². The smallest absolute Gasteiger partial charge is 0.234 e. The molecule has 6 heteroatoms. The lowest BCUT2D eigenvalue weighted by Crippen LogP contribution is -2.52. The van der Waals surface area contributed by atoms with Gasteiger partial charge in [-0.3, -0.25) is 14.6 Å². The molecule has 144 valence electrons. The van der Waals surface area contributed by atoms with E-state index in [2.05, 4.69) is 22.0 Å². The van der Waals surface area contributed by atoms with Crippen LogP contribution in [0.15, 0.2) is 24.3 Å². The van der Waals surface area contributed by atoms with Gasteiger partial charge in [0, 0.05) is 38.8 Å². The van der Waals surface area contributed by atoms with Gasteiger partial charge in [-0.25, -0.2) is 0 Å². The average Bonchev–Trinajstić information content (AvgIpc) is 2.67. The molecule has 0 aliphatic carbocycles. The molecule has 6 nitrogen and oxygen atoms in total. The Morgan fingerprint density at radius 3 is 2.85 bits per heavy atom. The van der Waals surface area contributed by atoms with Crippen LogP contribution in [0.3, 0.4) is 0 Å². The van der Waals surface area contributed by atoms with E-state index >= 15 is 0 Å². The number of hydrogen-bond acceptors (Lipinski definition) is 5. The summed E-state index contributed by atoms with van der Waals surface area (Å²) in [6.45, 7) is 8.06. The molecule has 2 saturated heterocycles. The minimum absolute atomic E-state index is 0.0891. The fourth-order valence-corrected chi connectivity index (χ4v) is 3.86. The minimum atomic E-state index is 0.0891. The van der Waals surface area contributed by atoms with E-state index in [0.29, 0.717) is 25.2 Å². The molecule has 1 aromatic carbocycles. The number of carbonyl (C=O) groups is 1. The molecule has 2 fully saturated rings. The predicted octanol–water partition coefficient (Wildman–Crippen LogP) is 1.50. The number of piperidine rings is 1. The molecule has 0 saturated carbocycles. The largest absolute Gasteiger partial charge is 0.497 e. The van der Waals surface area contributed by atoms with Gasteiger partial charge in [0.15, 0.2) is 0 Å². The molecule has 26 heavy (non-hydrogen) atoms. The first-order valence-electron chi connectivity index (χ1n) is 9.61. The molecule has 0 spiro atoms. The molecule has 2 heterocycles.